The molecule has 2 aromatic carbocycles. The maximum atomic E-state index is 13.7. The molecule has 0 spiro atoms. The lowest BCUT2D eigenvalue weighted by atomic mass is 10.0. The first-order chi connectivity index (χ1) is 14.6. The van der Waals surface area contributed by atoms with Crippen LogP contribution in [-0.2, 0) is 17.8 Å². The molecule has 2 aromatic rings. The summed E-state index contributed by atoms with van der Waals surface area (Å²) in [5, 5.41) is 13.3. The van der Waals surface area contributed by atoms with E-state index < -0.39 is 5.82 Å². The molecule has 2 N–H and O–H groups in total. The van der Waals surface area contributed by atoms with Crippen LogP contribution >= 0.6 is 0 Å². The molecule has 0 radical (unpaired) electrons. The summed E-state index contributed by atoms with van der Waals surface area (Å²) < 4.78 is 13.7. The fourth-order valence-electron chi connectivity index (χ4n) is 4.01. The van der Waals surface area contributed by atoms with Gasteiger partial charge in [-0.1, -0.05) is 24.3 Å². The number of hydrogen-bond donors (Lipinski definition) is 2. The number of phenolic OH excluding ortho intramolecular Hbond substituents is 1. The monoisotopic (exact) mass is 410 g/mol. The molecule has 6 nitrogen and oxygen atoms in total. The summed E-state index contributed by atoms with van der Waals surface area (Å²) in [5.74, 6) is 0.378. The number of aliphatic imine (C=N–C) groups is 1. The normalized spacial score (nSPS) is 16.7. The van der Waals surface area contributed by atoms with Crippen molar-refractivity contribution in [1.82, 2.24) is 9.80 Å². The molecule has 2 aliphatic heterocycles. The van der Waals surface area contributed by atoms with Crippen LogP contribution in [-0.4, -0.2) is 53.0 Å². The number of carbonyl (C=O) groups excluding carboxylic acids is 1. The van der Waals surface area contributed by atoms with Gasteiger partial charge in [-0.2, -0.15) is 0 Å². The number of halogens is 1. The first kappa shape index (κ1) is 20.2. The first-order valence-corrected chi connectivity index (χ1v) is 10.5. The average Bonchev–Trinajstić information content (AvgIpc) is 3.17. The number of likely N-dealkylation sites (tertiary alicyclic amines) is 1. The summed E-state index contributed by atoms with van der Waals surface area (Å²) in [6, 6.07) is 12.2. The van der Waals surface area contributed by atoms with E-state index in [-0.39, 0.29) is 11.7 Å². The lowest BCUT2D eigenvalue weighted by Gasteiger charge is -2.32. The van der Waals surface area contributed by atoms with E-state index in [9.17, 15) is 14.3 Å². The minimum absolute atomic E-state index is 0.0239. The number of hydrogen-bond acceptors (Lipinski definition) is 3. The zero-order valence-electron chi connectivity index (χ0n) is 17.0. The number of guanidine groups is 1. The Morgan fingerprint density at radius 1 is 1.13 bits per heavy atom. The van der Waals surface area contributed by atoms with Gasteiger partial charge in [0.25, 0.3) is 0 Å². The summed E-state index contributed by atoms with van der Waals surface area (Å²) >= 11 is 0. The molecule has 1 fully saturated rings. The van der Waals surface area contributed by atoms with Crippen LogP contribution in [0.4, 0.5) is 10.1 Å². The van der Waals surface area contributed by atoms with E-state index in [1.54, 1.807) is 0 Å². The number of nitrogens with zero attached hydrogens (tertiary/aromatic N) is 3. The number of phenols is 1. The van der Waals surface area contributed by atoms with Crippen molar-refractivity contribution in [2.75, 3.05) is 31.5 Å². The lowest BCUT2D eigenvalue weighted by molar-refractivity contribution is -0.127. The molecular formula is C23H27FN4O2. The molecule has 0 bridgehead atoms. The number of rotatable bonds is 5. The first-order valence-electron chi connectivity index (χ1n) is 10.5. The van der Waals surface area contributed by atoms with E-state index in [0.717, 1.165) is 32.4 Å². The number of aromatic hydroxyl groups is 1. The van der Waals surface area contributed by atoms with Crippen LogP contribution in [0.1, 0.15) is 30.4 Å². The summed E-state index contributed by atoms with van der Waals surface area (Å²) in [5.41, 5.74) is 2.86. The van der Waals surface area contributed by atoms with Crippen LogP contribution in [0, 0.1) is 5.82 Å². The number of anilines is 1. The highest BCUT2D eigenvalue weighted by Gasteiger charge is 2.21. The van der Waals surface area contributed by atoms with Crippen molar-refractivity contribution in [2.45, 2.75) is 32.2 Å². The van der Waals surface area contributed by atoms with E-state index in [2.05, 4.69) is 22.3 Å². The van der Waals surface area contributed by atoms with Crippen LogP contribution in [0.2, 0.25) is 0 Å². The molecule has 0 aliphatic carbocycles. The van der Waals surface area contributed by atoms with Crippen molar-refractivity contribution in [3.05, 3.63) is 59.4 Å². The topological polar surface area (TPSA) is 68.2 Å². The Kier molecular flexibility index (Phi) is 6.16. The minimum atomic E-state index is -0.425. The zero-order valence-corrected chi connectivity index (χ0v) is 17.0. The fourth-order valence-corrected chi connectivity index (χ4v) is 4.01. The summed E-state index contributed by atoms with van der Waals surface area (Å²) in [4.78, 5) is 20.5. The summed E-state index contributed by atoms with van der Waals surface area (Å²) in [6.07, 6.45) is 3.23. The molecule has 1 amide bonds. The Morgan fingerprint density at radius 3 is 2.77 bits per heavy atom. The van der Waals surface area contributed by atoms with Crippen molar-refractivity contribution in [1.29, 1.82) is 0 Å². The molecule has 158 valence electrons. The summed E-state index contributed by atoms with van der Waals surface area (Å²) in [7, 11) is 0. The van der Waals surface area contributed by atoms with Gasteiger partial charge < -0.3 is 20.2 Å². The van der Waals surface area contributed by atoms with E-state index in [0.29, 0.717) is 37.7 Å². The zero-order chi connectivity index (χ0) is 20.9. The van der Waals surface area contributed by atoms with Crippen molar-refractivity contribution in [3.63, 3.8) is 0 Å². The van der Waals surface area contributed by atoms with E-state index in [4.69, 9.17) is 4.99 Å². The fraction of sp³-hybridized carbons (Fsp3) is 0.391. The Morgan fingerprint density at radius 2 is 1.97 bits per heavy atom. The van der Waals surface area contributed by atoms with Gasteiger partial charge in [0.2, 0.25) is 5.91 Å². The molecule has 7 heteroatoms. The predicted octanol–water partition coefficient (Wildman–Crippen LogP) is 3.37. The minimum Gasteiger partial charge on any atom is -0.506 e. The number of benzene rings is 2. The molecule has 0 atom stereocenters. The molecule has 1 saturated heterocycles. The molecule has 0 saturated carbocycles. The second-order valence-electron chi connectivity index (χ2n) is 7.77. The van der Waals surface area contributed by atoms with Crippen molar-refractivity contribution < 1.29 is 14.3 Å². The van der Waals surface area contributed by atoms with Crippen molar-refractivity contribution >= 4 is 17.6 Å². The predicted molar refractivity (Wildman–Crippen MR) is 115 cm³/mol. The third-order valence-corrected chi connectivity index (χ3v) is 5.65. The SMILES string of the molecule is O=C1CCCN1CCCN=C(Nc1cc(F)ccc1O)N1CCc2ccccc2C1. The summed E-state index contributed by atoms with van der Waals surface area (Å²) in [6.45, 7) is 3.55. The molecule has 4 rings (SSSR count). The smallest absolute Gasteiger partial charge is 0.222 e. The molecule has 2 heterocycles. The maximum absolute atomic E-state index is 13.7. The molecule has 0 unspecified atom stereocenters. The Balaban J connectivity index is 1.48. The van der Waals surface area contributed by atoms with E-state index in [1.165, 1.54) is 29.3 Å². The molecule has 30 heavy (non-hydrogen) atoms. The standard InChI is InChI=1S/C23H27FN4O2/c24-19-8-9-21(29)20(15-19)26-23(25-11-4-13-27-12-3-7-22(27)30)28-14-10-17-5-1-2-6-18(17)16-28/h1-2,5-6,8-9,15,29H,3-4,7,10-14,16H2,(H,25,26). The quantitative estimate of drug-likeness (QED) is 0.343. The largest absolute Gasteiger partial charge is 0.506 e. The van der Waals surface area contributed by atoms with E-state index >= 15 is 0 Å². The van der Waals surface area contributed by atoms with Gasteiger partial charge in [-0.05, 0) is 42.5 Å². The van der Waals surface area contributed by atoms with Gasteiger partial charge in [0, 0.05) is 45.2 Å². The third kappa shape index (κ3) is 4.72. The second kappa shape index (κ2) is 9.15. The Bertz CT molecular complexity index is 947. The molecular weight excluding hydrogens is 383 g/mol. The van der Waals surface area contributed by atoms with Crippen LogP contribution < -0.4 is 5.32 Å². The highest BCUT2D eigenvalue weighted by Crippen LogP contribution is 2.25. The van der Waals surface area contributed by atoms with Gasteiger partial charge >= 0.3 is 0 Å². The van der Waals surface area contributed by atoms with Gasteiger partial charge in [-0.15, -0.1) is 0 Å². The van der Waals surface area contributed by atoms with Gasteiger partial charge in [-0.25, -0.2) is 4.39 Å². The average molecular weight is 410 g/mol. The highest BCUT2D eigenvalue weighted by atomic mass is 19.1. The van der Waals surface area contributed by atoms with Gasteiger partial charge in [-0.3, -0.25) is 9.79 Å². The second-order valence-corrected chi connectivity index (χ2v) is 7.77. The molecule has 0 aromatic heterocycles. The van der Waals surface area contributed by atoms with Crippen molar-refractivity contribution in [3.8, 4) is 5.75 Å². The number of nitrogens with one attached hydrogen (secondary N) is 1. The maximum Gasteiger partial charge on any atom is 0.222 e. The number of fused-ring (bicyclic) bond motifs is 1. The van der Waals surface area contributed by atoms with Gasteiger partial charge in [0.05, 0.1) is 5.69 Å². The van der Waals surface area contributed by atoms with Crippen LogP contribution in [0.25, 0.3) is 0 Å². The van der Waals surface area contributed by atoms with Gasteiger partial charge in [0.1, 0.15) is 11.6 Å². The third-order valence-electron chi connectivity index (χ3n) is 5.65. The number of amides is 1. The van der Waals surface area contributed by atoms with Crippen LogP contribution in [0.15, 0.2) is 47.5 Å². The van der Waals surface area contributed by atoms with E-state index in [1.807, 2.05) is 17.0 Å². The lowest BCUT2D eigenvalue weighted by Crippen LogP contribution is -2.40. The Hall–Kier alpha value is -3.09. The molecule has 2 aliphatic rings. The van der Waals surface area contributed by atoms with Crippen LogP contribution in [0.3, 0.4) is 0 Å². The highest BCUT2D eigenvalue weighted by molar-refractivity contribution is 5.95. The van der Waals surface area contributed by atoms with Gasteiger partial charge in [0.15, 0.2) is 5.96 Å². The van der Waals surface area contributed by atoms with Crippen molar-refractivity contribution in [2.24, 2.45) is 4.99 Å². The van der Waals surface area contributed by atoms with Crippen LogP contribution in [0.5, 0.6) is 5.75 Å². The Labute approximate surface area is 176 Å². The number of carbonyl (C=O) groups is 1.